The first-order chi connectivity index (χ1) is 8.81. The van der Waals surface area contributed by atoms with E-state index in [2.05, 4.69) is 17.3 Å². The zero-order valence-corrected chi connectivity index (χ0v) is 12.1. The van der Waals surface area contributed by atoms with Crippen molar-refractivity contribution in [2.45, 2.75) is 76.3 Å². The molecule has 2 aliphatic carbocycles. The summed E-state index contributed by atoms with van der Waals surface area (Å²) in [6, 6.07) is 1.71. The second-order valence-corrected chi connectivity index (χ2v) is 7.04. The summed E-state index contributed by atoms with van der Waals surface area (Å²) in [6.07, 6.45) is 14.7. The third kappa shape index (κ3) is 2.60. The van der Waals surface area contributed by atoms with E-state index in [0.717, 1.165) is 17.5 Å². The summed E-state index contributed by atoms with van der Waals surface area (Å²) >= 11 is 0. The van der Waals surface area contributed by atoms with Crippen LogP contribution in [-0.2, 0) is 0 Å². The van der Waals surface area contributed by atoms with Crippen molar-refractivity contribution in [1.29, 1.82) is 0 Å². The molecule has 1 saturated heterocycles. The van der Waals surface area contributed by atoms with Gasteiger partial charge in [-0.25, -0.2) is 0 Å². The van der Waals surface area contributed by atoms with Gasteiger partial charge in [0.15, 0.2) is 0 Å². The van der Waals surface area contributed by atoms with Crippen molar-refractivity contribution in [3.8, 4) is 0 Å². The van der Waals surface area contributed by atoms with Gasteiger partial charge in [-0.1, -0.05) is 12.8 Å². The molecule has 104 valence electrons. The van der Waals surface area contributed by atoms with Gasteiger partial charge in [0.1, 0.15) is 0 Å². The number of nitrogens with one attached hydrogen (secondary N) is 1. The minimum absolute atomic E-state index is 0.790. The molecule has 2 nitrogen and oxygen atoms in total. The second kappa shape index (κ2) is 5.50. The fourth-order valence-electron chi connectivity index (χ4n) is 4.72. The van der Waals surface area contributed by atoms with Crippen LogP contribution in [0, 0.1) is 5.41 Å². The number of nitrogens with zero attached hydrogens (tertiary/aromatic N) is 1. The standard InChI is InChI=1S/C16H30N2/c1-17-14-4-6-15(7-5-14)18-12-10-16(11-13-18)8-2-3-9-16/h14-15,17H,2-13H2,1H3. The van der Waals surface area contributed by atoms with E-state index < -0.39 is 0 Å². The number of piperidine rings is 1. The minimum atomic E-state index is 0.790. The van der Waals surface area contributed by atoms with E-state index in [9.17, 15) is 0 Å². The third-order valence-corrected chi connectivity index (χ3v) is 6.14. The molecule has 3 fully saturated rings. The molecular weight excluding hydrogens is 220 g/mol. The Morgan fingerprint density at radius 3 is 2.06 bits per heavy atom. The van der Waals surface area contributed by atoms with Crippen LogP contribution in [0.5, 0.6) is 0 Å². The van der Waals surface area contributed by atoms with Crippen molar-refractivity contribution in [3.63, 3.8) is 0 Å². The van der Waals surface area contributed by atoms with Gasteiger partial charge in [-0.15, -0.1) is 0 Å². The molecule has 1 aliphatic heterocycles. The first-order valence-corrected chi connectivity index (χ1v) is 8.23. The molecule has 0 aromatic rings. The molecule has 0 radical (unpaired) electrons. The fraction of sp³-hybridized carbons (Fsp3) is 1.00. The van der Waals surface area contributed by atoms with Gasteiger partial charge < -0.3 is 10.2 Å². The first-order valence-electron chi connectivity index (χ1n) is 8.23. The number of rotatable bonds is 2. The maximum atomic E-state index is 3.45. The summed E-state index contributed by atoms with van der Waals surface area (Å²) in [7, 11) is 2.12. The van der Waals surface area contributed by atoms with Gasteiger partial charge in [0.05, 0.1) is 0 Å². The smallest absolute Gasteiger partial charge is 0.00964 e. The quantitative estimate of drug-likeness (QED) is 0.810. The number of hydrogen-bond acceptors (Lipinski definition) is 2. The lowest BCUT2D eigenvalue weighted by Crippen LogP contribution is -2.47. The van der Waals surface area contributed by atoms with Crippen LogP contribution in [0.2, 0.25) is 0 Å². The zero-order chi connectivity index (χ0) is 12.4. The molecule has 0 amide bonds. The maximum Gasteiger partial charge on any atom is 0.00964 e. The second-order valence-electron chi connectivity index (χ2n) is 7.04. The lowest BCUT2D eigenvalue weighted by Gasteiger charge is -2.44. The Hall–Kier alpha value is -0.0800. The average Bonchev–Trinajstić information content (AvgIpc) is 2.88. The molecule has 1 heterocycles. The Bertz CT molecular complexity index is 252. The summed E-state index contributed by atoms with van der Waals surface area (Å²) in [5, 5.41) is 3.45. The summed E-state index contributed by atoms with van der Waals surface area (Å²) in [5.41, 5.74) is 0.790. The fourth-order valence-corrected chi connectivity index (χ4v) is 4.72. The highest BCUT2D eigenvalue weighted by atomic mass is 15.2. The molecule has 0 bridgehead atoms. The molecule has 0 atom stereocenters. The Morgan fingerprint density at radius 2 is 1.50 bits per heavy atom. The first kappa shape index (κ1) is 12.9. The van der Waals surface area contributed by atoms with Crippen LogP contribution in [0.1, 0.15) is 64.2 Å². The topological polar surface area (TPSA) is 15.3 Å². The summed E-state index contributed by atoms with van der Waals surface area (Å²) in [4.78, 5) is 2.83. The van der Waals surface area contributed by atoms with Crippen molar-refractivity contribution >= 4 is 0 Å². The van der Waals surface area contributed by atoms with Crippen LogP contribution in [0.3, 0.4) is 0 Å². The normalized spacial score (nSPS) is 37.2. The van der Waals surface area contributed by atoms with Crippen LogP contribution < -0.4 is 5.32 Å². The van der Waals surface area contributed by atoms with Gasteiger partial charge in [-0.3, -0.25) is 0 Å². The number of likely N-dealkylation sites (tertiary alicyclic amines) is 1. The van der Waals surface area contributed by atoms with E-state index in [1.165, 1.54) is 77.3 Å². The third-order valence-electron chi connectivity index (χ3n) is 6.14. The molecule has 2 saturated carbocycles. The maximum absolute atomic E-state index is 3.45. The largest absolute Gasteiger partial charge is 0.317 e. The highest BCUT2D eigenvalue weighted by molar-refractivity contribution is 4.92. The molecule has 3 aliphatic rings. The van der Waals surface area contributed by atoms with E-state index in [1.54, 1.807) is 0 Å². The molecule has 2 heteroatoms. The van der Waals surface area contributed by atoms with Crippen LogP contribution in [0.4, 0.5) is 0 Å². The molecule has 1 N–H and O–H groups in total. The zero-order valence-electron chi connectivity index (χ0n) is 12.1. The Kier molecular flexibility index (Phi) is 3.95. The van der Waals surface area contributed by atoms with Crippen LogP contribution >= 0.6 is 0 Å². The van der Waals surface area contributed by atoms with Crippen LogP contribution in [0.25, 0.3) is 0 Å². The predicted molar refractivity (Wildman–Crippen MR) is 76.8 cm³/mol. The van der Waals surface area contributed by atoms with E-state index in [1.807, 2.05) is 0 Å². The number of hydrogen-bond donors (Lipinski definition) is 1. The van der Waals surface area contributed by atoms with E-state index in [4.69, 9.17) is 0 Å². The Labute approximate surface area is 113 Å². The summed E-state index contributed by atoms with van der Waals surface area (Å²) in [6.45, 7) is 2.80. The van der Waals surface area contributed by atoms with Gasteiger partial charge >= 0.3 is 0 Å². The molecule has 1 spiro atoms. The molecule has 0 aromatic heterocycles. The van der Waals surface area contributed by atoms with Gasteiger partial charge in [-0.2, -0.15) is 0 Å². The highest BCUT2D eigenvalue weighted by Crippen LogP contribution is 2.46. The lowest BCUT2D eigenvalue weighted by atomic mass is 9.76. The molecular formula is C16H30N2. The van der Waals surface area contributed by atoms with E-state index in [0.29, 0.717) is 0 Å². The predicted octanol–water partition coefficient (Wildman–Crippen LogP) is 3.17. The molecule has 3 rings (SSSR count). The van der Waals surface area contributed by atoms with Crippen molar-refractivity contribution in [3.05, 3.63) is 0 Å². The molecule has 0 unspecified atom stereocenters. The van der Waals surface area contributed by atoms with Crippen molar-refractivity contribution in [2.75, 3.05) is 20.1 Å². The Balaban J connectivity index is 1.48. The van der Waals surface area contributed by atoms with Gasteiger partial charge in [0.2, 0.25) is 0 Å². The SMILES string of the molecule is CNC1CCC(N2CCC3(CCCC3)CC2)CC1. The van der Waals surface area contributed by atoms with E-state index in [-0.39, 0.29) is 0 Å². The van der Waals surface area contributed by atoms with Gasteiger partial charge in [0, 0.05) is 12.1 Å². The highest BCUT2D eigenvalue weighted by Gasteiger charge is 2.38. The average molecular weight is 250 g/mol. The van der Waals surface area contributed by atoms with Crippen LogP contribution in [0.15, 0.2) is 0 Å². The van der Waals surface area contributed by atoms with Crippen LogP contribution in [-0.4, -0.2) is 37.1 Å². The summed E-state index contributed by atoms with van der Waals surface area (Å²) in [5.74, 6) is 0. The van der Waals surface area contributed by atoms with Crippen molar-refractivity contribution in [2.24, 2.45) is 5.41 Å². The lowest BCUT2D eigenvalue weighted by molar-refractivity contribution is 0.0578. The molecule has 0 aromatic carbocycles. The van der Waals surface area contributed by atoms with Gasteiger partial charge in [0.25, 0.3) is 0 Å². The van der Waals surface area contributed by atoms with Crippen molar-refractivity contribution in [1.82, 2.24) is 10.2 Å². The van der Waals surface area contributed by atoms with E-state index >= 15 is 0 Å². The summed E-state index contributed by atoms with van der Waals surface area (Å²) < 4.78 is 0. The van der Waals surface area contributed by atoms with Crippen molar-refractivity contribution < 1.29 is 0 Å². The molecule has 18 heavy (non-hydrogen) atoms. The monoisotopic (exact) mass is 250 g/mol. The Morgan fingerprint density at radius 1 is 0.889 bits per heavy atom. The minimum Gasteiger partial charge on any atom is -0.317 e. The van der Waals surface area contributed by atoms with Gasteiger partial charge in [-0.05, 0) is 76.9 Å².